The number of nitrogens with zero attached hydrogens (tertiary/aromatic N) is 3. The lowest BCUT2D eigenvalue weighted by Gasteiger charge is -2.29. The summed E-state index contributed by atoms with van der Waals surface area (Å²) in [6.45, 7) is 3.82. The van der Waals surface area contributed by atoms with E-state index in [2.05, 4.69) is 35.2 Å². The first-order chi connectivity index (χ1) is 11.5. The number of rotatable bonds is 14. The fraction of sp³-hybridized carbons (Fsp3) is 0.950. The van der Waals surface area contributed by atoms with Crippen molar-refractivity contribution in [3.63, 3.8) is 0 Å². The molecule has 25 heavy (non-hydrogen) atoms. The molecule has 0 unspecified atom stereocenters. The summed E-state index contributed by atoms with van der Waals surface area (Å²) in [7, 11) is 14.7. The summed E-state index contributed by atoms with van der Waals surface area (Å²) in [6.07, 6.45) is 10.6. The molecule has 0 atom stereocenters. The van der Waals surface area contributed by atoms with Crippen LogP contribution < -0.4 is 0 Å². The van der Waals surface area contributed by atoms with Gasteiger partial charge in [0.1, 0.15) is 13.2 Å². The molecule has 0 spiro atoms. The van der Waals surface area contributed by atoms with E-state index in [9.17, 15) is 4.79 Å². The van der Waals surface area contributed by atoms with Crippen LogP contribution in [0.5, 0.6) is 0 Å². The molecule has 0 aromatic heterocycles. The fourth-order valence-corrected chi connectivity index (χ4v) is 2.81. The number of carbonyl (C=O) groups is 1. The molecule has 0 rings (SSSR count). The van der Waals surface area contributed by atoms with Gasteiger partial charge in [-0.25, -0.2) is 4.79 Å². The highest BCUT2D eigenvalue weighted by Crippen LogP contribution is 2.11. The van der Waals surface area contributed by atoms with Crippen LogP contribution in [0.4, 0.5) is 4.79 Å². The zero-order valence-corrected chi connectivity index (χ0v) is 18.1. The second-order valence-corrected chi connectivity index (χ2v) is 9.23. The van der Waals surface area contributed by atoms with Crippen molar-refractivity contribution < 1.29 is 18.5 Å². The second kappa shape index (κ2) is 12.5. The predicted molar refractivity (Wildman–Crippen MR) is 107 cm³/mol. The molecule has 0 aromatic carbocycles. The Bertz CT molecular complexity index is 349. The van der Waals surface area contributed by atoms with Crippen LogP contribution in [0.15, 0.2) is 0 Å². The number of carbonyl (C=O) groups excluding carboxylic acids is 1. The van der Waals surface area contributed by atoms with Gasteiger partial charge in [0.15, 0.2) is 0 Å². The Morgan fingerprint density at radius 3 is 1.60 bits per heavy atom. The highest BCUT2D eigenvalue weighted by molar-refractivity contribution is 5.66. The van der Waals surface area contributed by atoms with Gasteiger partial charge in [-0.05, 0) is 25.7 Å². The maximum Gasteiger partial charge on any atom is 0.409 e. The third-order valence-electron chi connectivity index (χ3n) is 4.63. The lowest BCUT2D eigenvalue weighted by molar-refractivity contribution is -0.890. The van der Waals surface area contributed by atoms with Gasteiger partial charge in [-0.3, -0.25) is 0 Å². The third-order valence-corrected chi connectivity index (χ3v) is 4.63. The monoisotopic (exact) mass is 359 g/mol. The molecular formula is C20H45N3O2+2. The van der Waals surface area contributed by atoms with E-state index in [4.69, 9.17) is 4.74 Å². The zero-order valence-electron chi connectivity index (χ0n) is 18.1. The Morgan fingerprint density at radius 2 is 1.16 bits per heavy atom. The van der Waals surface area contributed by atoms with Gasteiger partial charge in [-0.1, -0.05) is 25.7 Å². The van der Waals surface area contributed by atoms with E-state index in [1.165, 1.54) is 62.8 Å². The highest BCUT2D eigenvalue weighted by atomic mass is 16.6. The summed E-state index contributed by atoms with van der Waals surface area (Å²) in [5.41, 5.74) is 0. The van der Waals surface area contributed by atoms with Gasteiger partial charge < -0.3 is 18.6 Å². The first-order valence-corrected chi connectivity index (χ1v) is 10.00. The number of amides is 1. The Labute approximate surface area is 157 Å². The van der Waals surface area contributed by atoms with Crippen molar-refractivity contribution in [1.29, 1.82) is 0 Å². The van der Waals surface area contributed by atoms with Gasteiger partial charge in [-0.15, -0.1) is 0 Å². The van der Waals surface area contributed by atoms with E-state index in [-0.39, 0.29) is 6.09 Å². The molecule has 0 aliphatic rings. The lowest BCUT2D eigenvalue weighted by Crippen LogP contribution is -2.43. The van der Waals surface area contributed by atoms with Crippen LogP contribution in [0.25, 0.3) is 0 Å². The topological polar surface area (TPSA) is 29.5 Å². The molecule has 1 amide bonds. The Balaban J connectivity index is 3.49. The van der Waals surface area contributed by atoms with E-state index < -0.39 is 0 Å². The predicted octanol–water partition coefficient (Wildman–Crippen LogP) is 3.59. The second-order valence-electron chi connectivity index (χ2n) is 9.23. The van der Waals surface area contributed by atoms with Crippen molar-refractivity contribution in [3.05, 3.63) is 0 Å². The van der Waals surface area contributed by atoms with E-state index in [1.807, 2.05) is 0 Å². The van der Waals surface area contributed by atoms with E-state index in [0.29, 0.717) is 6.61 Å². The van der Waals surface area contributed by atoms with Crippen molar-refractivity contribution in [2.75, 3.05) is 75.6 Å². The average molecular weight is 360 g/mol. The first-order valence-electron chi connectivity index (χ1n) is 10.00. The summed E-state index contributed by atoms with van der Waals surface area (Å²) >= 11 is 0. The molecule has 0 radical (unpaired) electrons. The van der Waals surface area contributed by atoms with Crippen molar-refractivity contribution in [1.82, 2.24) is 4.90 Å². The smallest absolute Gasteiger partial charge is 0.409 e. The van der Waals surface area contributed by atoms with Gasteiger partial charge in [0.2, 0.25) is 0 Å². The molecular weight excluding hydrogens is 314 g/mol. The summed E-state index contributed by atoms with van der Waals surface area (Å²) in [5, 5.41) is 0. The molecule has 5 heteroatoms. The quantitative estimate of drug-likeness (QED) is 0.350. The summed E-state index contributed by atoms with van der Waals surface area (Å²) in [4.78, 5) is 12.9. The van der Waals surface area contributed by atoms with Crippen LogP contribution in [0.3, 0.4) is 0 Å². The summed E-state index contributed by atoms with van der Waals surface area (Å²) < 4.78 is 7.23. The maximum atomic E-state index is 11.4. The van der Waals surface area contributed by atoms with Gasteiger partial charge in [0.25, 0.3) is 0 Å². The Morgan fingerprint density at radius 1 is 0.720 bits per heavy atom. The minimum atomic E-state index is -0.249. The van der Waals surface area contributed by atoms with Crippen LogP contribution in [0, 0.1) is 0 Å². The number of unbranched alkanes of at least 4 members (excludes halogenated alkanes) is 7. The Kier molecular flexibility index (Phi) is 12.1. The van der Waals surface area contributed by atoms with Crippen LogP contribution in [0.1, 0.15) is 51.4 Å². The summed E-state index contributed by atoms with van der Waals surface area (Å²) in [5.74, 6) is 0. The highest BCUT2D eigenvalue weighted by Gasteiger charge is 2.15. The molecule has 0 aliphatic heterocycles. The van der Waals surface area contributed by atoms with E-state index in [1.54, 1.807) is 14.1 Å². The van der Waals surface area contributed by atoms with Crippen LogP contribution in [0.2, 0.25) is 0 Å². The van der Waals surface area contributed by atoms with Gasteiger partial charge >= 0.3 is 6.09 Å². The number of quaternary nitrogens is 2. The molecule has 0 aliphatic carbocycles. The van der Waals surface area contributed by atoms with E-state index >= 15 is 0 Å². The Hall–Kier alpha value is -0.810. The lowest BCUT2D eigenvalue weighted by atomic mass is 10.1. The number of hydrogen-bond acceptors (Lipinski definition) is 2. The normalized spacial score (nSPS) is 12.3. The minimum Gasteiger partial charge on any atom is -0.443 e. The average Bonchev–Trinajstić information content (AvgIpc) is 2.47. The number of likely N-dealkylation sites (N-methyl/N-ethyl adjacent to an activating group) is 1. The molecule has 0 fully saturated rings. The van der Waals surface area contributed by atoms with Crippen molar-refractivity contribution in [2.45, 2.75) is 51.4 Å². The SMILES string of the molecule is CN(C)C(=O)OCC[N+](C)(C)CCCCCCCCCC[N+](C)(C)C. The van der Waals surface area contributed by atoms with Crippen molar-refractivity contribution in [3.8, 4) is 0 Å². The fourth-order valence-electron chi connectivity index (χ4n) is 2.81. The van der Waals surface area contributed by atoms with Gasteiger partial charge in [0.05, 0.1) is 48.3 Å². The van der Waals surface area contributed by atoms with Crippen LogP contribution >= 0.6 is 0 Å². The van der Waals surface area contributed by atoms with Crippen molar-refractivity contribution in [2.24, 2.45) is 0 Å². The maximum absolute atomic E-state index is 11.4. The molecule has 0 saturated heterocycles. The first kappa shape index (κ1) is 24.2. The number of ether oxygens (including phenoxy) is 1. The molecule has 0 bridgehead atoms. The third kappa shape index (κ3) is 16.4. The van der Waals surface area contributed by atoms with Crippen molar-refractivity contribution >= 4 is 6.09 Å². The largest absolute Gasteiger partial charge is 0.443 e. The summed E-state index contributed by atoms with van der Waals surface area (Å²) in [6, 6.07) is 0. The molecule has 5 nitrogen and oxygen atoms in total. The number of hydrogen-bond donors (Lipinski definition) is 0. The van der Waals surface area contributed by atoms with Crippen LogP contribution in [-0.4, -0.2) is 95.5 Å². The standard InChI is InChI=1S/C20H45N3O2/c1-21(2)20(24)25-19-18-23(6,7)17-15-13-11-9-8-10-12-14-16-22(3,4)5/h8-19H2,1-7H3/q+2. The molecule has 0 heterocycles. The molecule has 150 valence electrons. The minimum absolute atomic E-state index is 0.249. The zero-order chi connectivity index (χ0) is 19.3. The van der Waals surface area contributed by atoms with E-state index in [0.717, 1.165) is 22.1 Å². The van der Waals surface area contributed by atoms with Gasteiger partial charge in [0, 0.05) is 14.1 Å². The molecule has 0 N–H and O–H groups in total. The van der Waals surface area contributed by atoms with Gasteiger partial charge in [-0.2, -0.15) is 0 Å². The molecule has 0 saturated carbocycles. The van der Waals surface area contributed by atoms with Crippen LogP contribution in [-0.2, 0) is 4.74 Å². The molecule has 0 aromatic rings.